The summed E-state index contributed by atoms with van der Waals surface area (Å²) < 4.78 is 2.89. The zero-order valence-electron chi connectivity index (χ0n) is 14.9. The van der Waals surface area contributed by atoms with Gasteiger partial charge in [0.2, 0.25) is 11.8 Å². The summed E-state index contributed by atoms with van der Waals surface area (Å²) in [6.45, 7) is 3.73. The number of piperidine rings is 1. The summed E-state index contributed by atoms with van der Waals surface area (Å²) in [6, 6.07) is -0.582. The molecule has 1 aromatic heterocycles. The molecule has 0 unspecified atom stereocenters. The predicted molar refractivity (Wildman–Crippen MR) is 92.1 cm³/mol. The molecular weight excluding hydrogens is 322 g/mol. The molecule has 25 heavy (non-hydrogen) atoms. The number of aromatic nitrogens is 3. The molecule has 2 amide bonds. The Bertz CT molecular complexity index is 687. The summed E-state index contributed by atoms with van der Waals surface area (Å²) in [5, 5.41) is 7.01. The molecule has 3 rings (SSSR count). The van der Waals surface area contributed by atoms with Crippen LogP contribution in [0.2, 0.25) is 0 Å². The molecule has 1 N–H and O–H groups in total. The number of fused-ring (bicyclic) bond motifs is 1. The number of rotatable bonds is 4. The Morgan fingerprint density at radius 3 is 2.52 bits per heavy atom. The number of amides is 2. The topological polar surface area (TPSA) is 89.2 Å². The molecule has 0 radical (unpaired) electrons. The van der Waals surface area contributed by atoms with Gasteiger partial charge in [-0.3, -0.25) is 14.2 Å². The lowest BCUT2D eigenvalue weighted by atomic mass is 10.1. The molecule has 8 heteroatoms. The summed E-state index contributed by atoms with van der Waals surface area (Å²) in [4.78, 5) is 38.8. The number of likely N-dealkylation sites (tertiary alicyclic amines) is 1. The second-order valence-corrected chi connectivity index (χ2v) is 6.99. The van der Waals surface area contributed by atoms with Crippen molar-refractivity contribution >= 4 is 11.8 Å². The van der Waals surface area contributed by atoms with Crippen LogP contribution in [0, 0.1) is 0 Å². The fourth-order valence-corrected chi connectivity index (χ4v) is 3.60. The van der Waals surface area contributed by atoms with Crippen LogP contribution in [-0.4, -0.2) is 50.2 Å². The molecule has 1 atom stereocenters. The molecule has 0 bridgehead atoms. The monoisotopic (exact) mass is 349 g/mol. The van der Waals surface area contributed by atoms with Crippen LogP contribution >= 0.6 is 0 Å². The summed E-state index contributed by atoms with van der Waals surface area (Å²) in [5.74, 6) is 0.349. The highest BCUT2D eigenvalue weighted by atomic mass is 16.2. The van der Waals surface area contributed by atoms with Crippen LogP contribution in [-0.2, 0) is 29.1 Å². The third-order valence-electron chi connectivity index (χ3n) is 4.99. The number of carbonyl (C=O) groups excluding carboxylic acids is 2. The van der Waals surface area contributed by atoms with Gasteiger partial charge in [0.15, 0.2) is 0 Å². The van der Waals surface area contributed by atoms with Crippen molar-refractivity contribution in [3.05, 3.63) is 16.3 Å². The smallest absolute Gasteiger partial charge is 0.343 e. The van der Waals surface area contributed by atoms with E-state index in [1.165, 1.54) is 4.68 Å². The maximum Gasteiger partial charge on any atom is 0.346 e. The summed E-state index contributed by atoms with van der Waals surface area (Å²) in [6.07, 6.45) is 7.03. The maximum atomic E-state index is 12.4. The minimum Gasteiger partial charge on any atom is -0.343 e. The van der Waals surface area contributed by atoms with Crippen LogP contribution in [0.1, 0.15) is 51.3 Å². The Morgan fingerprint density at radius 2 is 1.76 bits per heavy atom. The first-order valence-corrected chi connectivity index (χ1v) is 9.31. The maximum absolute atomic E-state index is 12.4. The number of hydrogen-bond donors (Lipinski definition) is 1. The zero-order valence-corrected chi connectivity index (χ0v) is 14.9. The Kier molecular flexibility index (Phi) is 5.55. The molecule has 2 aliphatic heterocycles. The van der Waals surface area contributed by atoms with Gasteiger partial charge >= 0.3 is 5.69 Å². The van der Waals surface area contributed by atoms with E-state index in [-0.39, 0.29) is 24.0 Å². The predicted octanol–water partition coefficient (Wildman–Crippen LogP) is 0.288. The van der Waals surface area contributed by atoms with E-state index in [4.69, 9.17) is 0 Å². The minimum absolute atomic E-state index is 0.0546. The largest absolute Gasteiger partial charge is 0.346 e. The third-order valence-corrected chi connectivity index (χ3v) is 4.99. The number of aryl methyl sites for hydroxylation is 1. The summed E-state index contributed by atoms with van der Waals surface area (Å²) in [5.41, 5.74) is -0.234. The second-order valence-electron chi connectivity index (χ2n) is 6.99. The highest BCUT2D eigenvalue weighted by Crippen LogP contribution is 2.11. The molecule has 8 nitrogen and oxygen atoms in total. The zero-order chi connectivity index (χ0) is 17.8. The SMILES string of the molecule is C[C@H](NC(=O)Cn1nc2n(c1=O)CCCCC2)C(=O)N1CCCCC1. The van der Waals surface area contributed by atoms with E-state index in [1.807, 2.05) is 0 Å². The minimum atomic E-state index is -0.582. The first-order valence-electron chi connectivity index (χ1n) is 9.31. The number of hydrogen-bond acceptors (Lipinski definition) is 4. The second kappa shape index (κ2) is 7.84. The summed E-state index contributed by atoms with van der Waals surface area (Å²) >= 11 is 0. The van der Waals surface area contributed by atoms with E-state index in [0.29, 0.717) is 6.54 Å². The average molecular weight is 349 g/mol. The van der Waals surface area contributed by atoms with Crippen LogP contribution in [0.4, 0.5) is 0 Å². The van der Waals surface area contributed by atoms with Gasteiger partial charge in [-0.2, -0.15) is 5.10 Å². The van der Waals surface area contributed by atoms with Crippen molar-refractivity contribution in [3.63, 3.8) is 0 Å². The molecule has 2 aliphatic rings. The van der Waals surface area contributed by atoms with Crippen molar-refractivity contribution in [3.8, 4) is 0 Å². The van der Waals surface area contributed by atoms with Gasteiger partial charge in [-0.25, -0.2) is 9.48 Å². The molecule has 0 saturated carbocycles. The average Bonchev–Trinajstić information content (AvgIpc) is 2.78. The van der Waals surface area contributed by atoms with Gasteiger partial charge in [-0.1, -0.05) is 6.42 Å². The normalized spacial score (nSPS) is 19.0. The van der Waals surface area contributed by atoms with E-state index >= 15 is 0 Å². The lowest BCUT2D eigenvalue weighted by Crippen LogP contribution is -2.49. The van der Waals surface area contributed by atoms with Crippen molar-refractivity contribution < 1.29 is 9.59 Å². The van der Waals surface area contributed by atoms with Crippen LogP contribution in [0.25, 0.3) is 0 Å². The third kappa shape index (κ3) is 4.11. The Morgan fingerprint density at radius 1 is 1.08 bits per heavy atom. The van der Waals surface area contributed by atoms with Crippen molar-refractivity contribution in [2.24, 2.45) is 0 Å². The number of nitrogens with zero attached hydrogens (tertiary/aromatic N) is 4. The molecule has 1 fully saturated rings. The highest BCUT2D eigenvalue weighted by molar-refractivity contribution is 5.87. The molecule has 1 saturated heterocycles. The number of nitrogens with one attached hydrogen (secondary N) is 1. The van der Waals surface area contributed by atoms with Gasteiger partial charge in [0.1, 0.15) is 18.4 Å². The van der Waals surface area contributed by atoms with Crippen molar-refractivity contribution in [2.75, 3.05) is 13.1 Å². The lowest BCUT2D eigenvalue weighted by Gasteiger charge is -2.29. The van der Waals surface area contributed by atoms with E-state index in [2.05, 4.69) is 10.4 Å². The van der Waals surface area contributed by atoms with E-state index in [9.17, 15) is 14.4 Å². The Hall–Kier alpha value is -2.12. The van der Waals surface area contributed by atoms with Gasteiger partial charge in [-0.05, 0) is 39.0 Å². The molecule has 0 aromatic carbocycles. The van der Waals surface area contributed by atoms with Gasteiger partial charge in [0, 0.05) is 26.1 Å². The Labute approximate surface area is 147 Å². The van der Waals surface area contributed by atoms with Gasteiger partial charge in [0.05, 0.1) is 0 Å². The standard InChI is InChI=1S/C17H27N5O3/c1-13(16(24)20-9-5-3-6-10-20)18-15(23)12-22-17(25)21-11-7-2-4-8-14(21)19-22/h13H,2-12H2,1H3,(H,18,23)/t13-/m0/s1. The van der Waals surface area contributed by atoms with Crippen LogP contribution in [0.15, 0.2) is 4.79 Å². The molecular formula is C17H27N5O3. The fraction of sp³-hybridized carbons (Fsp3) is 0.765. The molecule has 1 aromatic rings. The number of carbonyl (C=O) groups is 2. The van der Waals surface area contributed by atoms with Gasteiger partial charge in [-0.15, -0.1) is 0 Å². The van der Waals surface area contributed by atoms with Gasteiger partial charge < -0.3 is 10.2 Å². The van der Waals surface area contributed by atoms with Crippen LogP contribution in [0.5, 0.6) is 0 Å². The quantitative estimate of drug-likeness (QED) is 0.846. The summed E-state index contributed by atoms with van der Waals surface area (Å²) in [7, 11) is 0. The first-order chi connectivity index (χ1) is 12.1. The molecule has 0 aliphatic carbocycles. The Balaban J connectivity index is 1.59. The van der Waals surface area contributed by atoms with E-state index < -0.39 is 6.04 Å². The molecule has 0 spiro atoms. The van der Waals surface area contributed by atoms with E-state index in [1.54, 1.807) is 16.4 Å². The molecule has 3 heterocycles. The van der Waals surface area contributed by atoms with Crippen molar-refractivity contribution in [1.29, 1.82) is 0 Å². The van der Waals surface area contributed by atoms with Crippen molar-refractivity contribution in [1.82, 2.24) is 24.6 Å². The molecule has 138 valence electrons. The lowest BCUT2D eigenvalue weighted by molar-refractivity contribution is -0.136. The fourth-order valence-electron chi connectivity index (χ4n) is 3.60. The first kappa shape index (κ1) is 17.7. The highest BCUT2D eigenvalue weighted by Gasteiger charge is 2.24. The van der Waals surface area contributed by atoms with Crippen LogP contribution < -0.4 is 11.0 Å². The van der Waals surface area contributed by atoms with Gasteiger partial charge in [0.25, 0.3) is 0 Å². The van der Waals surface area contributed by atoms with Crippen molar-refractivity contribution in [2.45, 2.75) is 71.0 Å². The van der Waals surface area contributed by atoms with E-state index in [0.717, 1.165) is 63.9 Å². The van der Waals surface area contributed by atoms with Crippen LogP contribution in [0.3, 0.4) is 0 Å².